The highest BCUT2D eigenvalue weighted by atomic mass is 35.5. The molecule has 194 valence electrons. The average molecular weight is 537 g/mol. The second-order valence-corrected chi connectivity index (χ2v) is 11.2. The number of thioether (sulfide) groups is 1. The summed E-state index contributed by atoms with van der Waals surface area (Å²) < 4.78 is 0. The van der Waals surface area contributed by atoms with E-state index < -0.39 is 5.41 Å². The van der Waals surface area contributed by atoms with E-state index in [4.69, 9.17) is 16.6 Å². The zero-order chi connectivity index (χ0) is 26.4. The summed E-state index contributed by atoms with van der Waals surface area (Å²) in [6.07, 6.45) is 1.45. The van der Waals surface area contributed by atoms with Crippen LogP contribution < -0.4 is 10.2 Å². The highest BCUT2D eigenvalue weighted by Crippen LogP contribution is 2.38. The third-order valence-electron chi connectivity index (χ3n) is 6.83. The Kier molecular flexibility index (Phi) is 8.87. The average Bonchev–Trinajstić information content (AvgIpc) is 2.91. The molecule has 1 aliphatic heterocycles. The van der Waals surface area contributed by atoms with Crippen LogP contribution in [0.2, 0.25) is 5.15 Å². The topological polar surface area (TPSA) is 75.2 Å². The molecule has 1 amide bonds. The number of carbonyl (C=O) groups excluding carboxylic acids is 2. The van der Waals surface area contributed by atoms with Crippen LogP contribution in [0.3, 0.4) is 0 Å². The van der Waals surface area contributed by atoms with E-state index >= 15 is 0 Å². The lowest BCUT2D eigenvalue weighted by Gasteiger charge is -2.41. The Morgan fingerprint density at radius 2 is 1.78 bits per heavy atom. The van der Waals surface area contributed by atoms with Gasteiger partial charge in [-0.15, -0.1) is 0 Å². The summed E-state index contributed by atoms with van der Waals surface area (Å²) in [6, 6.07) is 19.5. The van der Waals surface area contributed by atoms with E-state index in [1.165, 1.54) is 11.8 Å². The maximum Gasteiger partial charge on any atom is 0.251 e. The van der Waals surface area contributed by atoms with Crippen LogP contribution in [0.5, 0.6) is 0 Å². The summed E-state index contributed by atoms with van der Waals surface area (Å²) in [7, 11) is 0. The molecule has 1 fully saturated rings. The second kappa shape index (κ2) is 12.1. The molecule has 0 unspecified atom stereocenters. The maximum atomic E-state index is 12.7. The molecule has 1 aromatic heterocycles. The zero-order valence-electron chi connectivity index (χ0n) is 21.5. The molecule has 1 N–H and O–H groups in total. The van der Waals surface area contributed by atoms with Crippen LogP contribution in [-0.2, 0) is 16.0 Å². The number of amides is 1. The number of hydrogen-bond acceptors (Lipinski definition) is 6. The molecule has 0 spiro atoms. The fourth-order valence-electron chi connectivity index (χ4n) is 4.68. The highest BCUT2D eigenvalue weighted by Gasteiger charge is 2.40. The molecular formula is C29H33ClN4O2S. The standard InChI is InChI=1S/C29H33ClN4O2S/c1-20(2)18-31-27(36)23-9-7-8-22(16-23)19-37-28-32-25(30)17-26(33-28)34-14-12-29(13-15-34,21(3)35)24-10-5-4-6-11-24/h4-11,16-17,20H,12-15,18-19H2,1-3H3,(H,31,36). The van der Waals surface area contributed by atoms with E-state index in [0.29, 0.717) is 47.2 Å². The molecule has 2 aromatic carbocycles. The number of piperidine rings is 1. The molecule has 37 heavy (non-hydrogen) atoms. The van der Waals surface area contributed by atoms with E-state index in [9.17, 15) is 9.59 Å². The summed E-state index contributed by atoms with van der Waals surface area (Å²) in [6.45, 7) is 7.89. The largest absolute Gasteiger partial charge is 0.356 e. The third-order valence-corrected chi connectivity index (χ3v) is 7.94. The predicted octanol–water partition coefficient (Wildman–Crippen LogP) is 5.94. The molecule has 4 rings (SSSR count). The number of anilines is 1. The zero-order valence-corrected chi connectivity index (χ0v) is 23.1. The van der Waals surface area contributed by atoms with E-state index in [-0.39, 0.29) is 11.7 Å². The summed E-state index contributed by atoms with van der Waals surface area (Å²) in [5.41, 5.74) is 2.28. The Balaban J connectivity index is 1.43. The number of nitrogens with one attached hydrogen (secondary N) is 1. The normalized spacial score (nSPS) is 15.0. The number of hydrogen-bond donors (Lipinski definition) is 1. The van der Waals surface area contributed by atoms with Gasteiger partial charge in [0.05, 0.1) is 5.41 Å². The monoisotopic (exact) mass is 536 g/mol. The van der Waals surface area contributed by atoms with Gasteiger partial charge in [0.2, 0.25) is 0 Å². The number of carbonyl (C=O) groups is 2. The molecule has 1 saturated heterocycles. The first-order chi connectivity index (χ1) is 17.8. The summed E-state index contributed by atoms with van der Waals surface area (Å²) in [5, 5.41) is 3.94. The first kappa shape index (κ1) is 27.1. The van der Waals surface area contributed by atoms with Crippen molar-refractivity contribution in [1.29, 1.82) is 0 Å². The molecule has 0 atom stereocenters. The lowest BCUT2D eigenvalue weighted by Crippen LogP contribution is -2.47. The van der Waals surface area contributed by atoms with Gasteiger partial charge in [0.15, 0.2) is 5.16 Å². The molecule has 0 saturated carbocycles. The molecule has 1 aliphatic rings. The SMILES string of the molecule is CC(=O)C1(c2ccccc2)CCN(c2cc(Cl)nc(SCc3cccc(C(=O)NCC(C)C)c3)n2)CC1. The summed E-state index contributed by atoms with van der Waals surface area (Å²) in [5.74, 6) is 1.93. The van der Waals surface area contributed by atoms with E-state index in [1.54, 1.807) is 13.0 Å². The van der Waals surface area contributed by atoms with E-state index in [0.717, 1.165) is 29.8 Å². The van der Waals surface area contributed by atoms with Crippen molar-refractivity contribution in [2.45, 2.75) is 49.9 Å². The van der Waals surface area contributed by atoms with Gasteiger partial charge in [0.25, 0.3) is 5.91 Å². The van der Waals surface area contributed by atoms with Gasteiger partial charge in [-0.1, -0.05) is 79.7 Å². The van der Waals surface area contributed by atoms with Gasteiger partial charge >= 0.3 is 0 Å². The van der Waals surface area contributed by atoms with Crippen molar-refractivity contribution in [3.8, 4) is 0 Å². The van der Waals surface area contributed by atoms with Crippen molar-refractivity contribution >= 4 is 40.9 Å². The van der Waals surface area contributed by atoms with Crippen molar-refractivity contribution in [3.63, 3.8) is 0 Å². The number of Topliss-reactive ketones (excluding diaryl/α,β-unsaturated/α-hetero) is 1. The lowest BCUT2D eigenvalue weighted by atomic mass is 9.70. The third kappa shape index (κ3) is 6.70. The number of nitrogens with zero attached hydrogens (tertiary/aromatic N) is 3. The fourth-order valence-corrected chi connectivity index (χ4v) is 5.70. The van der Waals surface area contributed by atoms with Crippen molar-refractivity contribution < 1.29 is 9.59 Å². The van der Waals surface area contributed by atoms with Crippen LogP contribution in [0, 0.1) is 5.92 Å². The Hall–Kier alpha value is -2.90. The van der Waals surface area contributed by atoms with Crippen molar-refractivity contribution in [2.75, 3.05) is 24.5 Å². The minimum Gasteiger partial charge on any atom is -0.356 e. The van der Waals surface area contributed by atoms with Crippen LogP contribution in [-0.4, -0.2) is 41.3 Å². The van der Waals surface area contributed by atoms with Crippen molar-refractivity contribution in [1.82, 2.24) is 15.3 Å². The van der Waals surface area contributed by atoms with Crippen LogP contribution in [0.15, 0.2) is 65.8 Å². The minimum atomic E-state index is -0.460. The second-order valence-electron chi connectivity index (χ2n) is 9.92. The summed E-state index contributed by atoms with van der Waals surface area (Å²) >= 11 is 7.87. The fraction of sp³-hybridized carbons (Fsp3) is 0.379. The van der Waals surface area contributed by atoms with Gasteiger partial charge in [-0.2, -0.15) is 0 Å². The van der Waals surface area contributed by atoms with E-state index in [2.05, 4.69) is 41.2 Å². The van der Waals surface area contributed by atoms with Crippen LogP contribution in [0.25, 0.3) is 0 Å². The first-order valence-electron chi connectivity index (χ1n) is 12.6. The maximum absolute atomic E-state index is 12.7. The van der Waals surface area contributed by atoms with Crippen molar-refractivity contribution in [2.24, 2.45) is 5.92 Å². The molecule has 8 heteroatoms. The van der Waals surface area contributed by atoms with Gasteiger partial charge < -0.3 is 10.2 Å². The smallest absolute Gasteiger partial charge is 0.251 e. The van der Waals surface area contributed by atoms with Gasteiger partial charge in [0, 0.05) is 37.0 Å². The molecule has 0 bridgehead atoms. The van der Waals surface area contributed by atoms with Crippen LogP contribution >= 0.6 is 23.4 Å². The number of halogens is 1. The van der Waals surface area contributed by atoms with Crippen LogP contribution in [0.1, 0.15) is 55.1 Å². The van der Waals surface area contributed by atoms with Crippen LogP contribution in [0.4, 0.5) is 5.82 Å². The Bertz CT molecular complexity index is 1240. The number of aromatic nitrogens is 2. The Morgan fingerprint density at radius 3 is 2.46 bits per heavy atom. The highest BCUT2D eigenvalue weighted by molar-refractivity contribution is 7.98. The van der Waals surface area contributed by atoms with Crippen molar-refractivity contribution in [3.05, 3.63) is 82.5 Å². The molecule has 0 aliphatic carbocycles. The van der Waals surface area contributed by atoms with Gasteiger partial charge in [-0.25, -0.2) is 9.97 Å². The number of rotatable bonds is 9. The molecule has 2 heterocycles. The first-order valence-corrected chi connectivity index (χ1v) is 14.0. The number of ketones is 1. The van der Waals surface area contributed by atoms with Gasteiger partial charge in [0.1, 0.15) is 16.8 Å². The Morgan fingerprint density at radius 1 is 1.05 bits per heavy atom. The quantitative estimate of drug-likeness (QED) is 0.207. The number of benzene rings is 2. The molecule has 6 nitrogen and oxygen atoms in total. The van der Waals surface area contributed by atoms with Gasteiger partial charge in [-0.3, -0.25) is 9.59 Å². The lowest BCUT2D eigenvalue weighted by molar-refractivity contribution is -0.123. The minimum absolute atomic E-state index is 0.0657. The van der Waals surface area contributed by atoms with Gasteiger partial charge in [-0.05, 0) is 48.9 Å². The molecule has 0 radical (unpaired) electrons. The predicted molar refractivity (Wildman–Crippen MR) is 150 cm³/mol. The summed E-state index contributed by atoms with van der Waals surface area (Å²) in [4.78, 5) is 36.5. The molecule has 3 aromatic rings. The molecular weight excluding hydrogens is 504 g/mol. The Labute approximate surface area is 228 Å². The van der Waals surface area contributed by atoms with E-state index in [1.807, 2.05) is 42.5 Å².